The lowest BCUT2D eigenvalue weighted by molar-refractivity contribution is 0.412. The number of methoxy groups -OCH3 is 1. The monoisotopic (exact) mass is 345 g/mol. The van der Waals surface area contributed by atoms with Crippen molar-refractivity contribution in [3.63, 3.8) is 0 Å². The first-order chi connectivity index (χ1) is 10.2. The zero-order chi connectivity index (χ0) is 14.8. The Bertz CT molecular complexity index is 641. The molecule has 0 spiro atoms. The molecule has 3 rings (SSSR count). The molecule has 1 aliphatic carbocycles. The Morgan fingerprint density at radius 3 is 2.86 bits per heavy atom. The third kappa shape index (κ3) is 2.99. The van der Waals surface area contributed by atoms with Crippen molar-refractivity contribution in [1.82, 2.24) is 0 Å². The number of hydrogen-bond donors (Lipinski definition) is 1. The summed E-state index contributed by atoms with van der Waals surface area (Å²) in [6.07, 6.45) is 3.21. The predicted molar refractivity (Wildman–Crippen MR) is 89.9 cm³/mol. The molecule has 0 saturated carbocycles. The van der Waals surface area contributed by atoms with Gasteiger partial charge in [0.25, 0.3) is 0 Å². The van der Waals surface area contributed by atoms with Gasteiger partial charge in [-0.1, -0.05) is 30.3 Å². The van der Waals surface area contributed by atoms with Crippen LogP contribution >= 0.6 is 15.9 Å². The summed E-state index contributed by atoms with van der Waals surface area (Å²) in [4.78, 5) is 0. The summed E-state index contributed by atoms with van der Waals surface area (Å²) in [6.45, 7) is 0. The van der Waals surface area contributed by atoms with Crippen molar-refractivity contribution in [3.8, 4) is 5.75 Å². The molecule has 1 aliphatic rings. The number of benzene rings is 2. The third-order valence-corrected chi connectivity index (χ3v) is 5.00. The molecule has 0 amide bonds. The first-order valence-electron chi connectivity index (χ1n) is 7.35. The van der Waals surface area contributed by atoms with Crippen LogP contribution < -0.4 is 10.5 Å². The summed E-state index contributed by atoms with van der Waals surface area (Å²) in [5, 5.41) is 0. The topological polar surface area (TPSA) is 35.2 Å². The quantitative estimate of drug-likeness (QED) is 0.906. The minimum absolute atomic E-state index is 0.161. The maximum atomic E-state index is 6.50. The fourth-order valence-corrected chi connectivity index (χ4v) is 3.87. The van der Waals surface area contributed by atoms with Gasteiger partial charge in [-0.15, -0.1) is 0 Å². The smallest absolute Gasteiger partial charge is 0.133 e. The molecule has 0 aliphatic heterocycles. The number of aryl methyl sites for hydroxylation is 1. The van der Waals surface area contributed by atoms with Crippen molar-refractivity contribution >= 4 is 15.9 Å². The van der Waals surface area contributed by atoms with E-state index >= 15 is 0 Å². The number of nitrogens with two attached hydrogens (primary N) is 1. The summed E-state index contributed by atoms with van der Waals surface area (Å²) in [6, 6.07) is 15.1. The molecule has 0 fully saturated rings. The standard InChI is InChI=1S/C18H20BrNO/c1-21-18-9-6-12(10-16(18)19)11-17(20)15-8-7-13-4-2-3-5-14(13)15/h2-6,9-10,15,17H,7-8,11,20H2,1H3. The van der Waals surface area contributed by atoms with Gasteiger partial charge < -0.3 is 10.5 Å². The Morgan fingerprint density at radius 2 is 2.10 bits per heavy atom. The lowest BCUT2D eigenvalue weighted by Gasteiger charge is -2.21. The maximum Gasteiger partial charge on any atom is 0.133 e. The van der Waals surface area contributed by atoms with Crippen molar-refractivity contribution in [1.29, 1.82) is 0 Å². The van der Waals surface area contributed by atoms with Gasteiger partial charge >= 0.3 is 0 Å². The number of fused-ring (bicyclic) bond motifs is 1. The Morgan fingerprint density at radius 1 is 1.29 bits per heavy atom. The van der Waals surface area contributed by atoms with E-state index in [1.54, 1.807) is 7.11 Å². The zero-order valence-corrected chi connectivity index (χ0v) is 13.8. The van der Waals surface area contributed by atoms with Crippen LogP contribution in [0.25, 0.3) is 0 Å². The Hall–Kier alpha value is -1.32. The van der Waals surface area contributed by atoms with E-state index < -0.39 is 0 Å². The van der Waals surface area contributed by atoms with E-state index in [1.807, 2.05) is 6.07 Å². The highest BCUT2D eigenvalue weighted by Crippen LogP contribution is 2.36. The molecule has 0 bridgehead atoms. The molecule has 0 radical (unpaired) electrons. The van der Waals surface area contributed by atoms with Crippen LogP contribution in [0.1, 0.15) is 29.0 Å². The number of rotatable bonds is 4. The minimum atomic E-state index is 0.161. The second-order valence-corrected chi connectivity index (χ2v) is 6.54. The number of ether oxygens (including phenoxy) is 1. The van der Waals surface area contributed by atoms with E-state index in [9.17, 15) is 0 Å². The van der Waals surface area contributed by atoms with E-state index in [0.717, 1.165) is 29.5 Å². The summed E-state index contributed by atoms with van der Waals surface area (Å²) >= 11 is 3.54. The van der Waals surface area contributed by atoms with Crippen molar-refractivity contribution in [2.45, 2.75) is 31.2 Å². The van der Waals surface area contributed by atoms with Crippen LogP contribution in [0.4, 0.5) is 0 Å². The summed E-state index contributed by atoms with van der Waals surface area (Å²) in [7, 11) is 1.68. The van der Waals surface area contributed by atoms with Crippen LogP contribution in [0.3, 0.4) is 0 Å². The molecule has 110 valence electrons. The second-order valence-electron chi connectivity index (χ2n) is 5.68. The average Bonchev–Trinajstić information content (AvgIpc) is 2.91. The van der Waals surface area contributed by atoms with Gasteiger partial charge in [-0.25, -0.2) is 0 Å². The summed E-state index contributed by atoms with van der Waals surface area (Å²) in [5.74, 6) is 1.33. The molecule has 2 aromatic carbocycles. The molecule has 0 aromatic heterocycles. The van der Waals surface area contributed by atoms with Crippen LogP contribution in [-0.2, 0) is 12.8 Å². The second kappa shape index (κ2) is 6.20. The van der Waals surface area contributed by atoms with Gasteiger partial charge in [0, 0.05) is 6.04 Å². The van der Waals surface area contributed by atoms with E-state index in [0.29, 0.717) is 5.92 Å². The fourth-order valence-electron chi connectivity index (χ4n) is 3.29. The van der Waals surface area contributed by atoms with E-state index in [-0.39, 0.29) is 6.04 Å². The molecular formula is C18H20BrNO. The third-order valence-electron chi connectivity index (χ3n) is 4.38. The van der Waals surface area contributed by atoms with Crippen LogP contribution in [0.2, 0.25) is 0 Å². The summed E-state index contributed by atoms with van der Waals surface area (Å²) in [5.41, 5.74) is 10.7. The van der Waals surface area contributed by atoms with Gasteiger partial charge in [0.15, 0.2) is 0 Å². The lowest BCUT2D eigenvalue weighted by atomic mass is 9.89. The highest BCUT2D eigenvalue weighted by molar-refractivity contribution is 9.10. The molecule has 2 unspecified atom stereocenters. The van der Waals surface area contributed by atoms with E-state index in [2.05, 4.69) is 52.3 Å². The van der Waals surface area contributed by atoms with E-state index in [1.165, 1.54) is 16.7 Å². The van der Waals surface area contributed by atoms with Crippen molar-refractivity contribution in [2.75, 3.05) is 7.11 Å². The first-order valence-corrected chi connectivity index (χ1v) is 8.14. The molecule has 21 heavy (non-hydrogen) atoms. The first kappa shape index (κ1) is 14.6. The highest BCUT2D eigenvalue weighted by Gasteiger charge is 2.27. The van der Waals surface area contributed by atoms with Crippen LogP contribution in [0.5, 0.6) is 5.75 Å². The van der Waals surface area contributed by atoms with Gasteiger partial charge in [0.1, 0.15) is 5.75 Å². The summed E-state index contributed by atoms with van der Waals surface area (Å²) < 4.78 is 6.26. The molecule has 2 nitrogen and oxygen atoms in total. The minimum Gasteiger partial charge on any atom is -0.496 e. The normalized spacial score (nSPS) is 18.3. The maximum absolute atomic E-state index is 6.50. The molecule has 0 heterocycles. The molecule has 3 heteroatoms. The molecule has 2 atom stereocenters. The molecule has 2 aromatic rings. The highest BCUT2D eigenvalue weighted by atomic mass is 79.9. The van der Waals surface area contributed by atoms with Crippen molar-refractivity contribution in [3.05, 3.63) is 63.6 Å². The molecular weight excluding hydrogens is 326 g/mol. The predicted octanol–water partition coefficient (Wildman–Crippen LogP) is 4.06. The van der Waals surface area contributed by atoms with Crippen LogP contribution in [0.15, 0.2) is 46.9 Å². The largest absolute Gasteiger partial charge is 0.496 e. The van der Waals surface area contributed by atoms with Crippen LogP contribution in [0, 0.1) is 0 Å². The average molecular weight is 346 g/mol. The molecule has 2 N–H and O–H groups in total. The Kier molecular flexibility index (Phi) is 4.32. The lowest BCUT2D eigenvalue weighted by Crippen LogP contribution is -2.29. The van der Waals surface area contributed by atoms with Gasteiger partial charge in [-0.3, -0.25) is 0 Å². The Balaban J connectivity index is 1.75. The molecule has 0 saturated heterocycles. The van der Waals surface area contributed by atoms with Crippen molar-refractivity contribution < 1.29 is 4.74 Å². The van der Waals surface area contributed by atoms with Crippen molar-refractivity contribution in [2.24, 2.45) is 5.73 Å². The van der Waals surface area contributed by atoms with Gasteiger partial charge in [0.2, 0.25) is 0 Å². The van der Waals surface area contributed by atoms with Gasteiger partial charge in [0.05, 0.1) is 11.6 Å². The fraction of sp³-hybridized carbons (Fsp3) is 0.333. The number of hydrogen-bond acceptors (Lipinski definition) is 2. The van der Waals surface area contributed by atoms with Gasteiger partial charge in [-0.2, -0.15) is 0 Å². The van der Waals surface area contributed by atoms with E-state index in [4.69, 9.17) is 10.5 Å². The number of halogens is 1. The SMILES string of the molecule is COc1ccc(CC(N)C2CCc3ccccc32)cc1Br. The van der Waals surface area contributed by atoms with Crippen LogP contribution in [-0.4, -0.2) is 13.2 Å². The van der Waals surface area contributed by atoms with Gasteiger partial charge in [-0.05, 0) is 69.9 Å². The zero-order valence-electron chi connectivity index (χ0n) is 12.2. The Labute approximate surface area is 134 Å².